The van der Waals surface area contributed by atoms with Crippen LogP contribution in [-0.4, -0.2) is 15.2 Å². The van der Waals surface area contributed by atoms with Gasteiger partial charge in [-0.05, 0) is 24.1 Å². The lowest BCUT2D eigenvalue weighted by atomic mass is 10.1. The van der Waals surface area contributed by atoms with Gasteiger partial charge in [-0.15, -0.1) is 10.2 Å². The number of hydrogen-bond donors (Lipinski definition) is 2. The highest BCUT2D eigenvalue weighted by atomic mass is 15.2. The normalized spacial score (nSPS) is 10.3. The Labute approximate surface area is 82.2 Å². The Morgan fingerprint density at radius 2 is 2.21 bits per heavy atom. The van der Waals surface area contributed by atoms with Crippen LogP contribution in [0.3, 0.4) is 0 Å². The highest BCUT2D eigenvalue weighted by Gasteiger charge is 1.97. The summed E-state index contributed by atoms with van der Waals surface area (Å²) in [6, 6.07) is 7.89. The van der Waals surface area contributed by atoms with E-state index in [2.05, 4.69) is 21.2 Å². The van der Waals surface area contributed by atoms with Crippen LogP contribution in [0.1, 0.15) is 11.4 Å². The number of aromatic nitrogens is 3. The van der Waals surface area contributed by atoms with E-state index in [1.54, 1.807) is 6.33 Å². The zero-order valence-electron chi connectivity index (χ0n) is 7.77. The molecule has 2 rings (SSSR count). The average Bonchev–Trinajstić information content (AvgIpc) is 2.67. The fourth-order valence-electron chi connectivity index (χ4n) is 1.36. The maximum Gasteiger partial charge on any atom is 0.130 e. The second-order valence-corrected chi connectivity index (χ2v) is 3.18. The van der Waals surface area contributed by atoms with Crippen LogP contribution in [0.25, 0.3) is 0 Å². The molecule has 14 heavy (non-hydrogen) atoms. The molecule has 0 amide bonds. The van der Waals surface area contributed by atoms with Crippen molar-refractivity contribution in [3.63, 3.8) is 0 Å². The molecule has 0 aliphatic rings. The Kier molecular flexibility index (Phi) is 2.44. The Morgan fingerprint density at radius 1 is 1.29 bits per heavy atom. The number of nitrogen functional groups attached to an aromatic ring is 1. The average molecular weight is 188 g/mol. The minimum absolute atomic E-state index is 0.806. The van der Waals surface area contributed by atoms with Gasteiger partial charge in [0.15, 0.2) is 0 Å². The predicted molar refractivity (Wildman–Crippen MR) is 54.6 cm³/mol. The van der Waals surface area contributed by atoms with E-state index in [1.807, 2.05) is 18.2 Å². The van der Waals surface area contributed by atoms with Crippen molar-refractivity contribution < 1.29 is 0 Å². The van der Waals surface area contributed by atoms with Crippen molar-refractivity contribution >= 4 is 5.69 Å². The van der Waals surface area contributed by atoms with Crippen LogP contribution in [0.5, 0.6) is 0 Å². The van der Waals surface area contributed by atoms with Crippen molar-refractivity contribution in [3.05, 3.63) is 42.0 Å². The lowest BCUT2D eigenvalue weighted by molar-refractivity contribution is 0.865. The van der Waals surface area contributed by atoms with Gasteiger partial charge in [-0.25, -0.2) is 0 Å². The number of aromatic amines is 1. The summed E-state index contributed by atoms with van der Waals surface area (Å²) >= 11 is 0. The van der Waals surface area contributed by atoms with Crippen LogP contribution in [0.4, 0.5) is 5.69 Å². The second kappa shape index (κ2) is 3.91. The van der Waals surface area contributed by atoms with Gasteiger partial charge < -0.3 is 10.7 Å². The number of aryl methyl sites for hydroxylation is 2. The fraction of sp³-hybridized carbons (Fsp3) is 0.200. The number of rotatable bonds is 3. The van der Waals surface area contributed by atoms with Gasteiger partial charge in [0, 0.05) is 12.1 Å². The van der Waals surface area contributed by atoms with Gasteiger partial charge in [-0.1, -0.05) is 12.1 Å². The van der Waals surface area contributed by atoms with E-state index in [0.717, 1.165) is 24.4 Å². The van der Waals surface area contributed by atoms with Crippen LogP contribution >= 0.6 is 0 Å². The Hall–Kier alpha value is -1.84. The molecule has 0 spiro atoms. The topological polar surface area (TPSA) is 67.6 Å². The van der Waals surface area contributed by atoms with Crippen LogP contribution in [0, 0.1) is 0 Å². The maximum atomic E-state index is 5.67. The van der Waals surface area contributed by atoms with Gasteiger partial charge in [0.25, 0.3) is 0 Å². The molecule has 3 N–H and O–H groups in total. The van der Waals surface area contributed by atoms with Gasteiger partial charge >= 0.3 is 0 Å². The molecule has 0 unspecified atom stereocenters. The molecule has 0 atom stereocenters. The van der Waals surface area contributed by atoms with E-state index >= 15 is 0 Å². The van der Waals surface area contributed by atoms with Gasteiger partial charge in [-0.3, -0.25) is 0 Å². The molecule has 0 saturated carbocycles. The Morgan fingerprint density at radius 3 is 2.93 bits per heavy atom. The minimum atomic E-state index is 0.806. The second-order valence-electron chi connectivity index (χ2n) is 3.18. The first-order valence-corrected chi connectivity index (χ1v) is 4.54. The van der Waals surface area contributed by atoms with Crippen molar-refractivity contribution in [2.24, 2.45) is 0 Å². The van der Waals surface area contributed by atoms with E-state index in [1.165, 1.54) is 5.56 Å². The quantitative estimate of drug-likeness (QED) is 0.710. The monoisotopic (exact) mass is 188 g/mol. The maximum absolute atomic E-state index is 5.67. The smallest absolute Gasteiger partial charge is 0.130 e. The molecule has 0 aliphatic heterocycles. The zero-order chi connectivity index (χ0) is 9.80. The van der Waals surface area contributed by atoms with E-state index < -0.39 is 0 Å². The molecule has 0 bridgehead atoms. The lowest BCUT2D eigenvalue weighted by Crippen LogP contribution is -1.94. The van der Waals surface area contributed by atoms with Crippen molar-refractivity contribution in [2.45, 2.75) is 12.8 Å². The molecule has 4 nitrogen and oxygen atoms in total. The van der Waals surface area contributed by atoms with E-state index in [0.29, 0.717) is 0 Å². The summed E-state index contributed by atoms with van der Waals surface area (Å²) < 4.78 is 0. The summed E-state index contributed by atoms with van der Waals surface area (Å²) in [6.07, 6.45) is 3.39. The van der Waals surface area contributed by atoms with E-state index in [9.17, 15) is 0 Å². The Balaban J connectivity index is 1.98. The van der Waals surface area contributed by atoms with Crippen molar-refractivity contribution in [1.82, 2.24) is 15.2 Å². The molecule has 0 saturated heterocycles. The molecule has 1 aromatic carbocycles. The first-order valence-electron chi connectivity index (χ1n) is 4.54. The van der Waals surface area contributed by atoms with Gasteiger partial charge in [0.05, 0.1) is 0 Å². The van der Waals surface area contributed by atoms with E-state index in [4.69, 9.17) is 5.73 Å². The van der Waals surface area contributed by atoms with Crippen LogP contribution < -0.4 is 5.73 Å². The third-order valence-electron chi connectivity index (χ3n) is 2.07. The summed E-state index contributed by atoms with van der Waals surface area (Å²) in [7, 11) is 0. The molecule has 1 heterocycles. The SMILES string of the molecule is Nc1cccc(CCc2nnc[nH]2)c1. The number of nitrogens with zero attached hydrogens (tertiary/aromatic N) is 2. The van der Waals surface area contributed by atoms with Crippen molar-refractivity contribution in [2.75, 3.05) is 5.73 Å². The van der Waals surface area contributed by atoms with Gasteiger partial charge in [0.2, 0.25) is 0 Å². The molecule has 72 valence electrons. The van der Waals surface area contributed by atoms with E-state index in [-0.39, 0.29) is 0 Å². The number of benzene rings is 1. The molecule has 4 heteroatoms. The summed E-state index contributed by atoms with van der Waals surface area (Å²) in [5.41, 5.74) is 7.70. The van der Waals surface area contributed by atoms with Crippen molar-refractivity contribution in [1.29, 1.82) is 0 Å². The Bertz CT molecular complexity index is 394. The minimum Gasteiger partial charge on any atom is -0.399 e. The van der Waals surface area contributed by atoms with Gasteiger partial charge in [-0.2, -0.15) is 0 Å². The van der Waals surface area contributed by atoms with Crippen molar-refractivity contribution in [3.8, 4) is 0 Å². The first kappa shape index (κ1) is 8.74. The highest BCUT2D eigenvalue weighted by Crippen LogP contribution is 2.08. The fourth-order valence-corrected chi connectivity index (χ4v) is 1.36. The lowest BCUT2D eigenvalue weighted by Gasteiger charge is -1.99. The van der Waals surface area contributed by atoms with Crippen LogP contribution in [-0.2, 0) is 12.8 Å². The highest BCUT2D eigenvalue weighted by molar-refractivity contribution is 5.40. The molecule has 0 radical (unpaired) electrons. The predicted octanol–water partition coefficient (Wildman–Crippen LogP) is 1.17. The number of H-pyrrole nitrogens is 1. The van der Waals surface area contributed by atoms with Gasteiger partial charge in [0.1, 0.15) is 12.2 Å². The number of anilines is 1. The number of nitrogens with two attached hydrogens (primary N) is 1. The summed E-state index contributed by atoms with van der Waals surface area (Å²) in [4.78, 5) is 2.97. The molecule has 0 aliphatic carbocycles. The first-order chi connectivity index (χ1) is 6.84. The number of nitrogens with one attached hydrogen (secondary N) is 1. The zero-order valence-corrected chi connectivity index (χ0v) is 7.77. The molecule has 1 aromatic heterocycles. The standard InChI is InChI=1S/C10H12N4/c11-9-3-1-2-8(6-9)4-5-10-12-7-13-14-10/h1-3,6-7H,4-5,11H2,(H,12,13,14). The summed E-state index contributed by atoms with van der Waals surface area (Å²) in [5, 5.41) is 7.64. The summed E-state index contributed by atoms with van der Waals surface area (Å²) in [6.45, 7) is 0. The molecular formula is C10H12N4. The molecule has 0 fully saturated rings. The largest absolute Gasteiger partial charge is 0.399 e. The third-order valence-corrected chi connectivity index (χ3v) is 2.07. The molecular weight excluding hydrogens is 176 g/mol. The van der Waals surface area contributed by atoms with Crippen LogP contribution in [0.2, 0.25) is 0 Å². The number of hydrogen-bond acceptors (Lipinski definition) is 3. The van der Waals surface area contributed by atoms with Crippen LogP contribution in [0.15, 0.2) is 30.6 Å². The molecule has 2 aromatic rings. The third kappa shape index (κ3) is 2.10. The summed E-state index contributed by atoms with van der Waals surface area (Å²) in [5.74, 6) is 0.910.